The fourth-order valence-corrected chi connectivity index (χ4v) is 8.25. The van der Waals surface area contributed by atoms with Gasteiger partial charge in [0.2, 0.25) is 0 Å². The van der Waals surface area contributed by atoms with Gasteiger partial charge in [-0.25, -0.2) is 0 Å². The molecule has 0 spiro atoms. The molecule has 2 fully saturated rings. The van der Waals surface area contributed by atoms with Crippen LogP contribution < -0.4 is 0 Å². The monoisotopic (exact) mass is 287 g/mol. The molecular formula is C12H22Sb. The normalized spacial score (nSPS) is 27.7. The Balaban J connectivity index is 1.69. The third-order valence-electron chi connectivity index (χ3n) is 3.57. The SMILES string of the molecule is C1CC[CH]([Sb][CH]2CCCCC2)CC1. The summed E-state index contributed by atoms with van der Waals surface area (Å²) in [5.41, 5.74) is 0. The molecule has 0 atom stereocenters. The van der Waals surface area contributed by atoms with E-state index in [-0.39, 0.29) is 21.6 Å². The second kappa shape index (κ2) is 5.64. The number of hydrogen-bond acceptors (Lipinski definition) is 0. The van der Waals surface area contributed by atoms with Crippen molar-refractivity contribution in [2.45, 2.75) is 71.9 Å². The molecule has 75 valence electrons. The van der Waals surface area contributed by atoms with E-state index in [4.69, 9.17) is 0 Å². The van der Waals surface area contributed by atoms with E-state index >= 15 is 0 Å². The van der Waals surface area contributed by atoms with Gasteiger partial charge in [0.15, 0.2) is 0 Å². The minimum absolute atomic E-state index is 0.219. The van der Waals surface area contributed by atoms with E-state index < -0.39 is 0 Å². The van der Waals surface area contributed by atoms with Crippen LogP contribution in [0.25, 0.3) is 0 Å². The number of hydrogen-bond donors (Lipinski definition) is 0. The molecule has 0 saturated heterocycles. The molecular weight excluding hydrogens is 266 g/mol. The van der Waals surface area contributed by atoms with Crippen LogP contribution in [0.5, 0.6) is 0 Å². The first-order valence-electron chi connectivity index (χ1n) is 6.15. The van der Waals surface area contributed by atoms with E-state index in [2.05, 4.69) is 0 Å². The molecule has 0 aromatic rings. The van der Waals surface area contributed by atoms with Crippen LogP contribution in [0.4, 0.5) is 0 Å². The summed E-state index contributed by atoms with van der Waals surface area (Å²) in [6, 6.07) is 0. The molecule has 0 N–H and O–H groups in total. The van der Waals surface area contributed by atoms with Crippen molar-refractivity contribution in [2.24, 2.45) is 0 Å². The molecule has 13 heavy (non-hydrogen) atoms. The molecule has 2 aliphatic rings. The van der Waals surface area contributed by atoms with Crippen LogP contribution in [0, 0.1) is 0 Å². The molecule has 0 amide bonds. The Morgan fingerprint density at radius 3 is 1.31 bits per heavy atom. The van der Waals surface area contributed by atoms with Gasteiger partial charge in [0.25, 0.3) is 0 Å². The van der Waals surface area contributed by atoms with E-state index in [0.29, 0.717) is 0 Å². The minimum atomic E-state index is 0.219. The number of rotatable bonds is 2. The first-order chi connectivity index (χ1) is 6.45. The van der Waals surface area contributed by atoms with Crippen molar-refractivity contribution in [3.8, 4) is 0 Å². The zero-order valence-electron chi connectivity index (χ0n) is 8.67. The summed E-state index contributed by atoms with van der Waals surface area (Å²) in [5, 5.41) is 0. The van der Waals surface area contributed by atoms with Crippen molar-refractivity contribution < 1.29 is 0 Å². The van der Waals surface area contributed by atoms with Crippen LogP contribution in [0.3, 0.4) is 0 Å². The van der Waals surface area contributed by atoms with Crippen LogP contribution >= 0.6 is 0 Å². The molecule has 0 bridgehead atoms. The van der Waals surface area contributed by atoms with Gasteiger partial charge < -0.3 is 0 Å². The maximum absolute atomic E-state index is 1.62. The van der Waals surface area contributed by atoms with Crippen molar-refractivity contribution in [2.75, 3.05) is 0 Å². The Labute approximate surface area is 93.4 Å². The first kappa shape index (κ1) is 10.3. The van der Waals surface area contributed by atoms with E-state index in [9.17, 15) is 0 Å². The topological polar surface area (TPSA) is 0 Å². The van der Waals surface area contributed by atoms with Crippen LogP contribution in [0.1, 0.15) is 64.2 Å². The van der Waals surface area contributed by atoms with Crippen molar-refractivity contribution in [3.05, 3.63) is 0 Å². The van der Waals surface area contributed by atoms with E-state index in [0.717, 1.165) is 0 Å². The molecule has 0 aliphatic heterocycles. The summed E-state index contributed by atoms with van der Waals surface area (Å²) >= 11 is 0.219. The van der Waals surface area contributed by atoms with Crippen molar-refractivity contribution in [1.29, 1.82) is 0 Å². The summed E-state index contributed by atoms with van der Waals surface area (Å²) in [4.78, 5) is 0. The summed E-state index contributed by atoms with van der Waals surface area (Å²) in [5.74, 6) is 0. The van der Waals surface area contributed by atoms with Gasteiger partial charge in [-0.05, 0) is 0 Å². The first-order valence-corrected chi connectivity index (χ1v) is 9.10. The van der Waals surface area contributed by atoms with Gasteiger partial charge in [-0.15, -0.1) is 0 Å². The third kappa shape index (κ3) is 3.46. The molecule has 2 saturated carbocycles. The molecule has 2 aliphatic carbocycles. The van der Waals surface area contributed by atoms with E-state index in [1.807, 2.05) is 0 Å². The fourth-order valence-electron chi connectivity index (χ4n) is 2.76. The van der Waals surface area contributed by atoms with Gasteiger partial charge in [0, 0.05) is 0 Å². The second-order valence-corrected chi connectivity index (χ2v) is 9.75. The van der Waals surface area contributed by atoms with Crippen LogP contribution in [-0.4, -0.2) is 21.6 Å². The van der Waals surface area contributed by atoms with Crippen molar-refractivity contribution in [3.63, 3.8) is 0 Å². The zero-order valence-corrected chi connectivity index (χ0v) is 11.2. The molecule has 2 rings (SSSR count). The van der Waals surface area contributed by atoms with E-state index in [1.54, 1.807) is 51.4 Å². The van der Waals surface area contributed by atoms with Gasteiger partial charge >= 0.3 is 93.6 Å². The molecule has 0 aromatic heterocycles. The second-order valence-electron chi connectivity index (χ2n) is 4.73. The quantitative estimate of drug-likeness (QED) is 0.668. The molecule has 1 radical (unpaired) electrons. The van der Waals surface area contributed by atoms with Crippen LogP contribution in [0.2, 0.25) is 7.73 Å². The van der Waals surface area contributed by atoms with Gasteiger partial charge in [-0.2, -0.15) is 0 Å². The van der Waals surface area contributed by atoms with Crippen molar-refractivity contribution >= 4 is 21.6 Å². The average molecular weight is 288 g/mol. The Bertz CT molecular complexity index is 116. The Kier molecular flexibility index (Phi) is 4.49. The fraction of sp³-hybridized carbons (Fsp3) is 1.00. The molecule has 0 heterocycles. The van der Waals surface area contributed by atoms with Gasteiger partial charge in [0.05, 0.1) is 0 Å². The third-order valence-corrected chi connectivity index (χ3v) is 8.93. The van der Waals surface area contributed by atoms with Gasteiger partial charge in [-0.1, -0.05) is 0 Å². The standard InChI is InChI=1S/2C6H11.Sb/c2*1-2-4-6-5-3-1;/h2*1H,2-6H2;. The van der Waals surface area contributed by atoms with Crippen molar-refractivity contribution in [1.82, 2.24) is 0 Å². The van der Waals surface area contributed by atoms with E-state index in [1.165, 1.54) is 20.6 Å². The Hall–Kier alpha value is 0.818. The molecule has 0 aromatic carbocycles. The summed E-state index contributed by atoms with van der Waals surface area (Å²) in [6.07, 6.45) is 15.8. The molecule has 1 heteroatoms. The van der Waals surface area contributed by atoms with Gasteiger partial charge in [-0.3, -0.25) is 0 Å². The Morgan fingerprint density at radius 2 is 0.923 bits per heavy atom. The summed E-state index contributed by atoms with van der Waals surface area (Å²) < 4.78 is 2.54. The molecule has 0 unspecified atom stereocenters. The summed E-state index contributed by atoms with van der Waals surface area (Å²) in [7, 11) is 0. The predicted octanol–water partition coefficient (Wildman–Crippen LogP) is 4.20. The maximum atomic E-state index is 1.62. The Morgan fingerprint density at radius 1 is 0.538 bits per heavy atom. The average Bonchev–Trinajstić information content (AvgIpc) is 2.21. The van der Waals surface area contributed by atoms with Crippen LogP contribution in [-0.2, 0) is 0 Å². The molecule has 0 nitrogen and oxygen atoms in total. The summed E-state index contributed by atoms with van der Waals surface area (Å²) in [6.45, 7) is 0. The zero-order chi connectivity index (χ0) is 8.93. The van der Waals surface area contributed by atoms with Crippen LogP contribution in [0.15, 0.2) is 0 Å². The predicted molar refractivity (Wildman–Crippen MR) is 59.4 cm³/mol. The van der Waals surface area contributed by atoms with Gasteiger partial charge in [0.1, 0.15) is 0 Å².